The van der Waals surface area contributed by atoms with Crippen molar-refractivity contribution in [3.63, 3.8) is 0 Å². The van der Waals surface area contributed by atoms with Crippen molar-refractivity contribution in [3.8, 4) is 22.6 Å². The van der Waals surface area contributed by atoms with Gasteiger partial charge in [-0.2, -0.15) is 8.42 Å². The molecule has 10 heteroatoms. The third kappa shape index (κ3) is 4.43. The molecule has 31 heavy (non-hydrogen) atoms. The van der Waals surface area contributed by atoms with Gasteiger partial charge in [-0.25, -0.2) is 9.97 Å². The van der Waals surface area contributed by atoms with Crippen molar-refractivity contribution in [3.05, 3.63) is 58.5 Å². The molecule has 1 aliphatic heterocycles. The van der Waals surface area contributed by atoms with Gasteiger partial charge < -0.3 is 14.8 Å². The van der Waals surface area contributed by atoms with Crippen LogP contribution in [0.5, 0.6) is 11.5 Å². The highest BCUT2D eigenvalue weighted by Crippen LogP contribution is 2.44. The average Bonchev–Trinajstić information content (AvgIpc) is 3.18. The lowest BCUT2D eigenvalue weighted by Crippen LogP contribution is -2.08. The molecule has 0 fully saturated rings. The molecule has 2 heterocycles. The Bertz CT molecular complexity index is 1260. The number of ether oxygens (including phenoxy) is 2. The molecule has 2 aromatic carbocycles. The maximum absolute atomic E-state index is 12.0. The minimum Gasteiger partial charge on any atom is -0.454 e. The van der Waals surface area contributed by atoms with E-state index < -0.39 is 10.1 Å². The van der Waals surface area contributed by atoms with Crippen molar-refractivity contribution in [2.75, 3.05) is 18.7 Å². The monoisotopic (exact) mass is 461 g/mol. The summed E-state index contributed by atoms with van der Waals surface area (Å²) in [5, 5.41) is 3.65. The van der Waals surface area contributed by atoms with Crippen LogP contribution in [0.25, 0.3) is 11.1 Å². The zero-order valence-electron chi connectivity index (χ0n) is 16.8. The van der Waals surface area contributed by atoms with Gasteiger partial charge in [-0.15, -0.1) is 0 Å². The van der Waals surface area contributed by atoms with Gasteiger partial charge >= 0.3 is 0 Å². The molecule has 2 N–H and O–H groups in total. The van der Waals surface area contributed by atoms with E-state index in [1.54, 1.807) is 19.1 Å². The fourth-order valence-electron chi connectivity index (χ4n) is 3.40. The van der Waals surface area contributed by atoms with E-state index in [0.717, 1.165) is 11.1 Å². The quantitative estimate of drug-likeness (QED) is 0.529. The van der Waals surface area contributed by atoms with Gasteiger partial charge in [0.05, 0.1) is 5.69 Å². The van der Waals surface area contributed by atoms with Gasteiger partial charge in [0, 0.05) is 17.7 Å². The molecule has 0 atom stereocenters. The summed E-state index contributed by atoms with van der Waals surface area (Å²) in [7, 11) is -4.43. The van der Waals surface area contributed by atoms with Gasteiger partial charge in [0.25, 0.3) is 10.1 Å². The van der Waals surface area contributed by atoms with E-state index in [4.69, 9.17) is 21.1 Å². The molecule has 0 radical (unpaired) electrons. The molecule has 162 valence electrons. The predicted octanol–water partition coefficient (Wildman–Crippen LogP) is 4.04. The molecular formula is C21H20ClN3O5S. The van der Waals surface area contributed by atoms with Crippen LogP contribution in [0.3, 0.4) is 0 Å². The van der Waals surface area contributed by atoms with Crippen LogP contribution in [0.2, 0.25) is 5.02 Å². The average molecular weight is 462 g/mol. The molecule has 8 nitrogen and oxygen atoms in total. The Labute approximate surface area is 185 Å². The molecule has 0 bridgehead atoms. The number of anilines is 1. The molecular weight excluding hydrogens is 442 g/mol. The van der Waals surface area contributed by atoms with Gasteiger partial charge in [0.1, 0.15) is 22.1 Å². The number of aryl methyl sites for hydroxylation is 2. The van der Waals surface area contributed by atoms with Crippen molar-refractivity contribution >= 4 is 27.5 Å². The van der Waals surface area contributed by atoms with Crippen LogP contribution in [-0.4, -0.2) is 36.3 Å². The van der Waals surface area contributed by atoms with Crippen molar-refractivity contribution in [2.24, 2.45) is 0 Å². The summed E-state index contributed by atoms with van der Waals surface area (Å²) in [4.78, 5) is 8.00. The number of nitrogens with zero attached hydrogens (tertiary/aromatic N) is 2. The van der Waals surface area contributed by atoms with Crippen LogP contribution >= 0.6 is 11.6 Å². The molecule has 0 unspecified atom stereocenters. The smallest absolute Gasteiger partial charge is 0.295 e. The zero-order valence-corrected chi connectivity index (χ0v) is 18.4. The lowest BCUT2D eigenvalue weighted by Gasteiger charge is -2.14. The Morgan fingerprint density at radius 1 is 1.13 bits per heavy atom. The second-order valence-corrected chi connectivity index (χ2v) is 8.92. The highest BCUT2D eigenvalue weighted by atomic mass is 35.5. The van der Waals surface area contributed by atoms with E-state index in [0.29, 0.717) is 52.1 Å². The normalized spacial score (nSPS) is 12.8. The van der Waals surface area contributed by atoms with Gasteiger partial charge in [0.15, 0.2) is 11.5 Å². The molecule has 0 amide bonds. The second kappa shape index (κ2) is 8.33. The van der Waals surface area contributed by atoms with Gasteiger partial charge in [-0.05, 0) is 50.1 Å². The van der Waals surface area contributed by atoms with E-state index in [9.17, 15) is 13.0 Å². The minimum absolute atomic E-state index is 0.0346. The predicted molar refractivity (Wildman–Crippen MR) is 117 cm³/mol. The van der Waals surface area contributed by atoms with Crippen molar-refractivity contribution in [1.82, 2.24) is 9.97 Å². The van der Waals surface area contributed by atoms with Crippen molar-refractivity contribution in [2.45, 2.75) is 25.2 Å². The van der Waals surface area contributed by atoms with Crippen molar-refractivity contribution < 1.29 is 22.4 Å². The lowest BCUT2D eigenvalue weighted by molar-refractivity contribution is 0.174. The standard InChI is InChI=1S/C21H20ClN3O5S/c1-12-3-4-18(31(26,27)28)15(7-12)16-8-14(9-17-20(16)30-11-29-17)5-6-23-21-19(22)13(2)24-10-25-21/h3-4,7-10H,5-6,11H2,1-2H3,(H,23,24,25)(H,26,27,28). The summed E-state index contributed by atoms with van der Waals surface area (Å²) in [6.07, 6.45) is 2.02. The fourth-order valence-corrected chi connectivity index (χ4v) is 4.25. The second-order valence-electron chi connectivity index (χ2n) is 7.15. The van der Waals surface area contributed by atoms with Crippen LogP contribution in [0.4, 0.5) is 5.82 Å². The Hall–Kier alpha value is -2.88. The van der Waals surface area contributed by atoms with Crippen LogP contribution in [-0.2, 0) is 16.5 Å². The summed E-state index contributed by atoms with van der Waals surface area (Å²) in [5.41, 5.74) is 3.31. The number of hydrogen-bond acceptors (Lipinski definition) is 7. The summed E-state index contributed by atoms with van der Waals surface area (Å²) < 4.78 is 44.8. The molecule has 1 aromatic heterocycles. The highest BCUT2D eigenvalue weighted by molar-refractivity contribution is 7.86. The third-order valence-corrected chi connectivity index (χ3v) is 6.27. The first-order chi connectivity index (χ1) is 14.7. The summed E-state index contributed by atoms with van der Waals surface area (Å²) in [6, 6.07) is 8.40. The number of rotatable bonds is 6. The van der Waals surface area contributed by atoms with E-state index in [1.807, 2.05) is 19.1 Å². The van der Waals surface area contributed by atoms with E-state index >= 15 is 0 Å². The maximum atomic E-state index is 12.0. The topological polar surface area (TPSA) is 111 Å². The molecule has 4 rings (SSSR count). The number of halogens is 1. The first-order valence-electron chi connectivity index (χ1n) is 9.46. The van der Waals surface area contributed by atoms with Crippen LogP contribution < -0.4 is 14.8 Å². The van der Waals surface area contributed by atoms with Gasteiger partial charge in [-0.1, -0.05) is 23.2 Å². The van der Waals surface area contributed by atoms with Crippen LogP contribution in [0.15, 0.2) is 41.6 Å². The number of fused-ring (bicyclic) bond motifs is 1. The fraction of sp³-hybridized carbons (Fsp3) is 0.238. The Morgan fingerprint density at radius 2 is 1.94 bits per heavy atom. The van der Waals surface area contributed by atoms with Gasteiger partial charge in [0.2, 0.25) is 6.79 Å². The third-order valence-electron chi connectivity index (χ3n) is 4.91. The molecule has 0 spiro atoms. The highest BCUT2D eigenvalue weighted by Gasteiger charge is 2.25. The lowest BCUT2D eigenvalue weighted by atomic mass is 9.98. The zero-order chi connectivity index (χ0) is 22.2. The maximum Gasteiger partial charge on any atom is 0.295 e. The molecule has 3 aromatic rings. The first kappa shape index (κ1) is 21.4. The van der Waals surface area contributed by atoms with E-state index in [1.165, 1.54) is 12.4 Å². The Balaban J connectivity index is 1.68. The van der Waals surface area contributed by atoms with Gasteiger partial charge in [-0.3, -0.25) is 4.55 Å². The Kier molecular flexibility index (Phi) is 5.74. The Morgan fingerprint density at radius 3 is 2.71 bits per heavy atom. The molecule has 1 aliphatic rings. The van der Waals surface area contributed by atoms with Crippen LogP contribution in [0, 0.1) is 13.8 Å². The van der Waals surface area contributed by atoms with E-state index in [2.05, 4.69) is 15.3 Å². The largest absolute Gasteiger partial charge is 0.454 e. The molecule has 0 aliphatic carbocycles. The molecule has 0 saturated heterocycles. The number of aromatic nitrogens is 2. The first-order valence-corrected chi connectivity index (χ1v) is 11.3. The number of benzene rings is 2. The summed E-state index contributed by atoms with van der Waals surface area (Å²) >= 11 is 6.23. The summed E-state index contributed by atoms with van der Waals surface area (Å²) in [6.45, 7) is 4.20. The summed E-state index contributed by atoms with van der Waals surface area (Å²) in [5.74, 6) is 1.51. The SMILES string of the molecule is Cc1ccc(S(=O)(=O)O)c(-c2cc(CCNc3ncnc(C)c3Cl)cc3c2OCO3)c1. The number of hydrogen-bond donors (Lipinski definition) is 2. The minimum atomic E-state index is -4.43. The molecule has 0 saturated carbocycles. The van der Waals surface area contributed by atoms with Crippen molar-refractivity contribution in [1.29, 1.82) is 0 Å². The van der Waals surface area contributed by atoms with E-state index in [-0.39, 0.29) is 11.7 Å². The van der Waals surface area contributed by atoms with Crippen LogP contribution in [0.1, 0.15) is 16.8 Å². The number of nitrogens with one attached hydrogen (secondary N) is 1.